The Morgan fingerprint density at radius 2 is 1.70 bits per heavy atom. The Hall–Kier alpha value is -1.91. The fourth-order valence-corrected chi connectivity index (χ4v) is 4.34. The topological polar surface area (TPSA) is 54.4 Å². The Balaban J connectivity index is 2.40. The maximum absolute atomic E-state index is 13.0. The molecule has 0 aliphatic carbocycles. The van der Waals surface area contributed by atoms with Crippen molar-refractivity contribution < 1.29 is 13.5 Å². The van der Waals surface area contributed by atoms with Crippen molar-refractivity contribution in [2.24, 2.45) is 0 Å². The van der Waals surface area contributed by atoms with Gasteiger partial charge in [-0.25, -0.2) is 8.42 Å². The predicted molar refractivity (Wildman–Crippen MR) is 93.0 cm³/mol. The van der Waals surface area contributed by atoms with E-state index in [0.717, 1.165) is 5.56 Å². The molecule has 4 heteroatoms. The van der Waals surface area contributed by atoms with Crippen LogP contribution in [-0.2, 0) is 9.84 Å². The number of rotatable bonds is 7. The Morgan fingerprint density at radius 3 is 2.26 bits per heavy atom. The molecule has 0 aliphatic rings. The van der Waals surface area contributed by atoms with Crippen LogP contribution in [0, 0.1) is 6.92 Å². The van der Waals surface area contributed by atoms with Gasteiger partial charge in [0, 0.05) is 0 Å². The first-order valence-corrected chi connectivity index (χ1v) is 9.16. The fourth-order valence-electron chi connectivity index (χ4n) is 2.53. The summed E-state index contributed by atoms with van der Waals surface area (Å²) in [6.45, 7) is 5.56. The smallest absolute Gasteiger partial charge is 0.184 e. The summed E-state index contributed by atoms with van der Waals surface area (Å²) in [7, 11) is -3.64. The lowest BCUT2D eigenvalue weighted by atomic mass is 10.0. The first kappa shape index (κ1) is 17.4. The van der Waals surface area contributed by atoms with E-state index in [9.17, 15) is 13.5 Å². The van der Waals surface area contributed by atoms with Crippen LogP contribution in [0.15, 0.2) is 72.1 Å². The van der Waals surface area contributed by atoms with E-state index in [2.05, 4.69) is 6.58 Å². The average molecular weight is 330 g/mol. The van der Waals surface area contributed by atoms with Crippen molar-refractivity contribution in [1.82, 2.24) is 0 Å². The molecule has 0 aliphatic heterocycles. The number of hydrogen-bond acceptors (Lipinski definition) is 3. The Morgan fingerprint density at radius 1 is 1.09 bits per heavy atom. The second-order valence-corrected chi connectivity index (χ2v) is 7.78. The maximum Gasteiger partial charge on any atom is 0.184 e. The third-order valence-electron chi connectivity index (χ3n) is 3.90. The molecule has 0 radical (unpaired) electrons. The zero-order valence-corrected chi connectivity index (χ0v) is 14.0. The highest BCUT2D eigenvalue weighted by molar-refractivity contribution is 7.92. The molecule has 0 spiro atoms. The molecule has 0 aromatic heterocycles. The molecule has 0 heterocycles. The van der Waals surface area contributed by atoms with Gasteiger partial charge in [-0.3, -0.25) is 0 Å². The van der Waals surface area contributed by atoms with Crippen LogP contribution in [0.4, 0.5) is 0 Å². The van der Waals surface area contributed by atoms with Gasteiger partial charge in [-0.05, 0) is 37.5 Å². The quantitative estimate of drug-likeness (QED) is 0.785. The molecule has 2 aromatic rings. The minimum Gasteiger partial charge on any atom is -0.387 e. The second-order valence-electron chi connectivity index (χ2n) is 5.62. The van der Waals surface area contributed by atoms with Crippen molar-refractivity contribution in [3.05, 3.63) is 78.4 Å². The van der Waals surface area contributed by atoms with E-state index >= 15 is 0 Å². The molecule has 0 fully saturated rings. The largest absolute Gasteiger partial charge is 0.387 e. The van der Waals surface area contributed by atoms with Crippen LogP contribution in [0.3, 0.4) is 0 Å². The molecule has 0 bridgehead atoms. The van der Waals surface area contributed by atoms with Gasteiger partial charge in [-0.1, -0.05) is 54.1 Å². The molecule has 2 atom stereocenters. The number of allylic oxidation sites excluding steroid dienone is 1. The molecule has 23 heavy (non-hydrogen) atoms. The Bertz CT molecular complexity index is 734. The minimum atomic E-state index is -3.64. The molecule has 1 N–H and O–H groups in total. The number of hydrogen-bond donors (Lipinski definition) is 1. The van der Waals surface area contributed by atoms with Crippen LogP contribution < -0.4 is 0 Å². The van der Waals surface area contributed by atoms with Crippen LogP contribution in [0.25, 0.3) is 0 Å². The van der Waals surface area contributed by atoms with Crippen LogP contribution in [-0.4, -0.2) is 18.8 Å². The third-order valence-corrected chi connectivity index (χ3v) is 6.12. The van der Waals surface area contributed by atoms with Gasteiger partial charge in [0.05, 0.1) is 16.2 Å². The lowest BCUT2D eigenvalue weighted by molar-refractivity contribution is 0.167. The van der Waals surface area contributed by atoms with Crippen molar-refractivity contribution in [3.63, 3.8) is 0 Å². The van der Waals surface area contributed by atoms with Crippen molar-refractivity contribution in [1.29, 1.82) is 0 Å². The fraction of sp³-hybridized carbons (Fsp3) is 0.263. The minimum absolute atomic E-state index is 0.243. The van der Waals surface area contributed by atoms with E-state index in [0.29, 0.717) is 18.4 Å². The van der Waals surface area contributed by atoms with E-state index in [1.54, 1.807) is 54.6 Å². The first-order chi connectivity index (χ1) is 11.0. The van der Waals surface area contributed by atoms with Crippen molar-refractivity contribution in [3.8, 4) is 0 Å². The summed E-state index contributed by atoms with van der Waals surface area (Å²) in [5.74, 6) is 0. The van der Waals surface area contributed by atoms with E-state index < -0.39 is 21.2 Å². The van der Waals surface area contributed by atoms with Gasteiger partial charge in [-0.2, -0.15) is 0 Å². The predicted octanol–water partition coefficient (Wildman–Crippen LogP) is 3.84. The van der Waals surface area contributed by atoms with E-state index in [4.69, 9.17) is 0 Å². The third kappa shape index (κ3) is 4.09. The lowest BCUT2D eigenvalue weighted by Crippen LogP contribution is -2.28. The number of aliphatic hydroxyl groups excluding tert-OH is 1. The molecule has 0 amide bonds. The molecule has 122 valence electrons. The molecule has 2 aromatic carbocycles. The zero-order valence-electron chi connectivity index (χ0n) is 13.2. The van der Waals surface area contributed by atoms with Crippen molar-refractivity contribution >= 4 is 9.84 Å². The van der Waals surface area contributed by atoms with Gasteiger partial charge in [0.15, 0.2) is 9.84 Å². The highest BCUT2D eigenvalue weighted by Gasteiger charge is 2.34. The normalized spacial score (nSPS) is 14.2. The van der Waals surface area contributed by atoms with Gasteiger partial charge in [0.2, 0.25) is 0 Å². The summed E-state index contributed by atoms with van der Waals surface area (Å²) in [5.41, 5.74) is 1.60. The summed E-state index contributed by atoms with van der Waals surface area (Å²) in [4.78, 5) is 0.243. The van der Waals surface area contributed by atoms with Crippen molar-refractivity contribution in [2.75, 3.05) is 0 Å². The SMILES string of the molecule is C=CCC[C@H]([C@H](O)c1ccccc1)S(=O)(=O)c1ccc(C)cc1. The van der Waals surface area contributed by atoms with Crippen LogP contribution in [0.2, 0.25) is 0 Å². The average Bonchev–Trinajstić information content (AvgIpc) is 2.56. The van der Waals surface area contributed by atoms with E-state index in [-0.39, 0.29) is 4.90 Å². The van der Waals surface area contributed by atoms with Gasteiger partial charge in [0.25, 0.3) is 0 Å². The number of aryl methyl sites for hydroxylation is 1. The number of benzene rings is 2. The molecular formula is C19H22O3S. The molecule has 3 nitrogen and oxygen atoms in total. The number of aliphatic hydroxyl groups is 1. The number of sulfone groups is 1. The highest BCUT2D eigenvalue weighted by atomic mass is 32.2. The van der Waals surface area contributed by atoms with Crippen LogP contribution in [0.5, 0.6) is 0 Å². The molecule has 0 unspecified atom stereocenters. The maximum atomic E-state index is 13.0. The van der Waals surface area contributed by atoms with Crippen molar-refractivity contribution in [2.45, 2.75) is 36.0 Å². The van der Waals surface area contributed by atoms with Crippen LogP contribution in [0.1, 0.15) is 30.1 Å². The second kappa shape index (κ2) is 7.57. The van der Waals surface area contributed by atoms with E-state index in [1.165, 1.54) is 0 Å². The highest BCUT2D eigenvalue weighted by Crippen LogP contribution is 2.30. The molecule has 2 rings (SSSR count). The van der Waals surface area contributed by atoms with Gasteiger partial charge in [-0.15, -0.1) is 6.58 Å². The molecule has 0 saturated carbocycles. The van der Waals surface area contributed by atoms with Gasteiger partial charge < -0.3 is 5.11 Å². The standard InChI is InChI=1S/C19H22O3S/c1-3-4-10-18(19(20)16-8-6-5-7-9-16)23(21,22)17-13-11-15(2)12-14-17/h3,5-9,11-14,18-20H,1,4,10H2,2H3/t18-,19-/m1/s1. The first-order valence-electron chi connectivity index (χ1n) is 7.61. The Labute approximate surface area is 138 Å². The summed E-state index contributed by atoms with van der Waals surface area (Å²) in [6, 6.07) is 15.7. The monoisotopic (exact) mass is 330 g/mol. The van der Waals surface area contributed by atoms with Gasteiger partial charge in [0.1, 0.15) is 0 Å². The van der Waals surface area contributed by atoms with E-state index in [1.807, 2.05) is 13.0 Å². The Kier molecular flexibility index (Phi) is 5.74. The summed E-state index contributed by atoms with van der Waals surface area (Å²) < 4.78 is 25.9. The molecular weight excluding hydrogens is 308 g/mol. The lowest BCUT2D eigenvalue weighted by Gasteiger charge is -2.23. The van der Waals surface area contributed by atoms with Gasteiger partial charge >= 0.3 is 0 Å². The summed E-state index contributed by atoms with van der Waals surface area (Å²) in [5, 5.41) is 9.75. The zero-order chi connectivity index (χ0) is 16.9. The summed E-state index contributed by atoms with van der Waals surface area (Å²) >= 11 is 0. The molecule has 0 saturated heterocycles. The summed E-state index contributed by atoms with van der Waals surface area (Å²) in [6.07, 6.45) is 1.47. The van der Waals surface area contributed by atoms with Crippen LogP contribution >= 0.6 is 0 Å².